The lowest BCUT2D eigenvalue weighted by Crippen LogP contribution is -2.50. The fraction of sp³-hybridized carbons (Fsp3) is 0.588. The topological polar surface area (TPSA) is 59.6 Å². The molecule has 0 bridgehead atoms. The summed E-state index contributed by atoms with van der Waals surface area (Å²) in [6, 6.07) is 6.38. The van der Waals surface area contributed by atoms with Crippen molar-refractivity contribution < 1.29 is 27.4 Å². The van der Waals surface area contributed by atoms with Gasteiger partial charge in [-0.1, -0.05) is 18.2 Å². The van der Waals surface area contributed by atoms with Crippen molar-refractivity contribution in [2.75, 3.05) is 33.4 Å². The first-order chi connectivity index (χ1) is 11.9. The maximum Gasteiger partial charge on any atom is 0.422 e. The van der Waals surface area contributed by atoms with Gasteiger partial charge in [-0.05, 0) is 32.0 Å². The number of halogens is 4. The normalized spacial score (nSPS) is 16.5. The average Bonchev–Trinajstić information content (AvgIpc) is 2.59. The van der Waals surface area contributed by atoms with E-state index in [0.717, 1.165) is 13.1 Å². The molecule has 0 spiro atoms. The quantitative estimate of drug-likeness (QED) is 0.744. The Kier molecular flexibility index (Phi) is 8.66. The van der Waals surface area contributed by atoms with E-state index in [4.69, 9.17) is 9.47 Å². The summed E-state index contributed by atoms with van der Waals surface area (Å²) in [5, 5.41) is 6.03. The molecule has 5 nitrogen and oxygen atoms in total. The summed E-state index contributed by atoms with van der Waals surface area (Å²) in [6.07, 6.45) is -3.11. The molecule has 1 aliphatic heterocycles. The molecule has 1 aromatic carbocycles. The van der Waals surface area contributed by atoms with Gasteiger partial charge in [0.1, 0.15) is 5.75 Å². The minimum absolute atomic E-state index is 0. The van der Waals surface area contributed by atoms with Crippen LogP contribution in [0.4, 0.5) is 13.2 Å². The minimum atomic E-state index is -4.41. The van der Waals surface area contributed by atoms with Gasteiger partial charge in [-0.25, -0.2) is 0 Å². The Hall–Kier alpha value is -1.51. The summed E-state index contributed by atoms with van der Waals surface area (Å²) in [5.74, 6) is -0.0345. The zero-order valence-electron chi connectivity index (χ0n) is 14.5. The van der Waals surface area contributed by atoms with E-state index in [-0.39, 0.29) is 30.6 Å². The third kappa shape index (κ3) is 6.34. The molecule has 0 radical (unpaired) electrons. The van der Waals surface area contributed by atoms with Gasteiger partial charge in [0, 0.05) is 19.2 Å². The van der Waals surface area contributed by atoms with Crippen molar-refractivity contribution in [1.29, 1.82) is 0 Å². The molecular weight excluding hydrogens is 373 g/mol. The number of nitrogens with one attached hydrogen (secondary N) is 2. The first-order valence-corrected chi connectivity index (χ1v) is 8.12. The largest absolute Gasteiger partial charge is 0.484 e. The fourth-order valence-corrected chi connectivity index (χ4v) is 2.93. The number of amides is 1. The molecule has 0 aliphatic carbocycles. The summed E-state index contributed by atoms with van der Waals surface area (Å²) in [5.41, 5.74) is -0.108. The predicted molar refractivity (Wildman–Crippen MR) is 93.5 cm³/mol. The Morgan fingerprint density at radius 1 is 1.27 bits per heavy atom. The third-order valence-corrected chi connectivity index (χ3v) is 4.27. The number of piperidine rings is 1. The van der Waals surface area contributed by atoms with Gasteiger partial charge in [0.25, 0.3) is 0 Å². The number of benzene rings is 1. The molecule has 2 N–H and O–H groups in total. The first kappa shape index (κ1) is 22.5. The van der Waals surface area contributed by atoms with E-state index in [1.54, 1.807) is 25.3 Å². The molecule has 0 saturated carbocycles. The highest BCUT2D eigenvalue weighted by Crippen LogP contribution is 2.30. The van der Waals surface area contributed by atoms with Gasteiger partial charge in [-0.3, -0.25) is 4.79 Å². The van der Waals surface area contributed by atoms with Crippen LogP contribution in [0.15, 0.2) is 24.3 Å². The van der Waals surface area contributed by atoms with Gasteiger partial charge in [0.05, 0.1) is 12.0 Å². The lowest BCUT2D eigenvalue weighted by molar-refractivity contribution is -0.153. The summed E-state index contributed by atoms with van der Waals surface area (Å²) in [4.78, 5) is 12.7. The highest BCUT2D eigenvalue weighted by Gasteiger charge is 2.39. The second-order valence-corrected chi connectivity index (χ2v) is 6.16. The standard InChI is InChI=1S/C17H23F3N2O3.ClH/c1-24-11-16(6-8-21-9-7-16)15(23)22-10-13-4-2-3-5-14(13)25-12-17(18,19)20;/h2-5,21H,6-12H2,1H3,(H,22,23);1H. The van der Waals surface area contributed by atoms with Gasteiger partial charge in [0.2, 0.25) is 5.91 Å². The van der Waals surface area contributed by atoms with Crippen LogP contribution in [-0.2, 0) is 16.1 Å². The lowest BCUT2D eigenvalue weighted by Gasteiger charge is -2.35. The number of alkyl halides is 3. The number of carbonyl (C=O) groups excluding carboxylic acids is 1. The van der Waals surface area contributed by atoms with E-state index in [1.807, 2.05) is 0 Å². The molecule has 1 heterocycles. The van der Waals surface area contributed by atoms with Crippen molar-refractivity contribution in [2.45, 2.75) is 25.6 Å². The second kappa shape index (κ2) is 9.99. The molecule has 0 unspecified atom stereocenters. The van der Waals surface area contributed by atoms with Gasteiger partial charge in [-0.2, -0.15) is 13.2 Å². The maximum atomic E-state index is 12.7. The van der Waals surface area contributed by atoms with Crippen molar-refractivity contribution >= 4 is 18.3 Å². The summed E-state index contributed by atoms with van der Waals surface area (Å²) in [7, 11) is 1.55. The molecule has 1 saturated heterocycles. The van der Waals surface area contributed by atoms with E-state index in [9.17, 15) is 18.0 Å². The highest BCUT2D eigenvalue weighted by atomic mass is 35.5. The van der Waals surface area contributed by atoms with Gasteiger partial charge in [-0.15, -0.1) is 12.4 Å². The van der Waals surface area contributed by atoms with Crippen LogP contribution in [0.2, 0.25) is 0 Å². The first-order valence-electron chi connectivity index (χ1n) is 8.12. The smallest absolute Gasteiger partial charge is 0.422 e. The molecule has 0 aromatic heterocycles. The molecule has 1 fully saturated rings. The molecule has 0 atom stereocenters. The Balaban J connectivity index is 0.00000338. The molecule has 148 valence electrons. The number of rotatable bonds is 7. The van der Waals surface area contributed by atoms with Crippen molar-refractivity contribution in [3.63, 3.8) is 0 Å². The molecular formula is C17H24ClF3N2O3. The van der Waals surface area contributed by atoms with Gasteiger partial charge >= 0.3 is 6.18 Å². The van der Waals surface area contributed by atoms with Crippen LogP contribution in [0.25, 0.3) is 0 Å². The van der Waals surface area contributed by atoms with Crippen molar-refractivity contribution in [3.05, 3.63) is 29.8 Å². The second-order valence-electron chi connectivity index (χ2n) is 6.16. The zero-order chi connectivity index (χ0) is 18.3. The molecule has 1 aliphatic rings. The summed E-state index contributed by atoms with van der Waals surface area (Å²) in [6.45, 7) is 0.500. The molecule has 2 rings (SSSR count). The Labute approximate surface area is 157 Å². The van der Waals surface area contributed by atoms with E-state index in [2.05, 4.69) is 10.6 Å². The molecule has 1 amide bonds. The van der Waals surface area contributed by atoms with Gasteiger partial charge < -0.3 is 20.1 Å². The van der Waals surface area contributed by atoms with Gasteiger partial charge in [0.15, 0.2) is 6.61 Å². The Bertz CT molecular complexity index is 573. The summed E-state index contributed by atoms with van der Waals surface area (Å²) < 4.78 is 47.1. The Morgan fingerprint density at radius 2 is 1.92 bits per heavy atom. The summed E-state index contributed by atoms with van der Waals surface area (Å²) >= 11 is 0. The maximum absolute atomic E-state index is 12.7. The molecule has 1 aromatic rings. The average molecular weight is 397 g/mol. The molecule has 9 heteroatoms. The Morgan fingerprint density at radius 3 is 2.54 bits per heavy atom. The number of ether oxygens (including phenoxy) is 2. The predicted octanol–water partition coefficient (Wildman–Crippen LogP) is 2.68. The van der Waals surface area contributed by atoms with Crippen LogP contribution < -0.4 is 15.4 Å². The number of hydrogen-bond acceptors (Lipinski definition) is 4. The number of para-hydroxylation sites is 1. The third-order valence-electron chi connectivity index (χ3n) is 4.27. The van der Waals surface area contributed by atoms with E-state index < -0.39 is 18.2 Å². The van der Waals surface area contributed by atoms with E-state index >= 15 is 0 Å². The van der Waals surface area contributed by atoms with Crippen molar-refractivity contribution in [3.8, 4) is 5.75 Å². The number of carbonyl (C=O) groups is 1. The SMILES string of the molecule is COCC1(C(=O)NCc2ccccc2OCC(F)(F)F)CCNCC1.Cl. The van der Waals surface area contributed by atoms with Crippen LogP contribution in [0, 0.1) is 5.41 Å². The van der Waals surface area contributed by atoms with Crippen LogP contribution in [0.3, 0.4) is 0 Å². The van der Waals surface area contributed by atoms with Crippen molar-refractivity contribution in [1.82, 2.24) is 10.6 Å². The van der Waals surface area contributed by atoms with Crippen molar-refractivity contribution in [2.24, 2.45) is 5.41 Å². The number of hydrogen-bond donors (Lipinski definition) is 2. The van der Waals surface area contributed by atoms with Crippen LogP contribution in [0.1, 0.15) is 18.4 Å². The van der Waals surface area contributed by atoms with E-state index in [0.29, 0.717) is 25.0 Å². The zero-order valence-corrected chi connectivity index (χ0v) is 15.3. The van der Waals surface area contributed by atoms with E-state index in [1.165, 1.54) is 6.07 Å². The minimum Gasteiger partial charge on any atom is -0.484 e. The highest BCUT2D eigenvalue weighted by molar-refractivity contribution is 5.85. The van der Waals surface area contributed by atoms with Crippen LogP contribution in [0.5, 0.6) is 5.75 Å². The number of methoxy groups -OCH3 is 1. The van der Waals surface area contributed by atoms with Crippen LogP contribution >= 0.6 is 12.4 Å². The monoisotopic (exact) mass is 396 g/mol. The fourth-order valence-electron chi connectivity index (χ4n) is 2.93. The van der Waals surface area contributed by atoms with Crippen LogP contribution in [-0.4, -0.2) is 45.5 Å². The lowest BCUT2D eigenvalue weighted by atomic mass is 9.78. The molecule has 26 heavy (non-hydrogen) atoms.